The van der Waals surface area contributed by atoms with Gasteiger partial charge in [-0.3, -0.25) is 0 Å². The summed E-state index contributed by atoms with van der Waals surface area (Å²) in [6, 6.07) is 12.6. The lowest BCUT2D eigenvalue weighted by atomic mass is 10.1. The first-order valence-corrected chi connectivity index (χ1v) is 7.06. The molecule has 0 amide bonds. The van der Waals surface area contributed by atoms with Gasteiger partial charge in [-0.15, -0.1) is 0 Å². The molecule has 102 valence electrons. The Morgan fingerprint density at radius 1 is 1.05 bits per heavy atom. The van der Waals surface area contributed by atoms with Crippen LogP contribution in [0.15, 0.2) is 56.7 Å². The van der Waals surface area contributed by atoms with Gasteiger partial charge in [-0.2, -0.15) is 18.4 Å². The lowest BCUT2D eigenvalue weighted by molar-refractivity contribution is -0.137. The molecule has 0 aromatic heterocycles. The second kappa shape index (κ2) is 5.90. The third kappa shape index (κ3) is 3.56. The van der Waals surface area contributed by atoms with Gasteiger partial charge in [0.15, 0.2) is 0 Å². The first kappa shape index (κ1) is 14.9. The van der Waals surface area contributed by atoms with E-state index in [-0.39, 0.29) is 5.56 Å². The Kier molecular flexibility index (Phi) is 4.41. The van der Waals surface area contributed by atoms with E-state index < -0.39 is 11.7 Å². The van der Waals surface area contributed by atoms with Crippen molar-refractivity contribution < 1.29 is 13.2 Å². The molecule has 0 spiro atoms. The van der Waals surface area contributed by atoms with Gasteiger partial charge in [0.1, 0.15) is 0 Å². The third-order valence-corrected chi connectivity index (χ3v) is 3.92. The van der Waals surface area contributed by atoms with Crippen molar-refractivity contribution >= 4 is 27.7 Å². The summed E-state index contributed by atoms with van der Waals surface area (Å²) in [5.74, 6) is 0. The van der Waals surface area contributed by atoms with E-state index in [0.717, 1.165) is 15.4 Å². The molecule has 0 aliphatic heterocycles. The van der Waals surface area contributed by atoms with E-state index >= 15 is 0 Å². The summed E-state index contributed by atoms with van der Waals surface area (Å²) in [6.45, 7) is 0. The summed E-state index contributed by atoms with van der Waals surface area (Å²) in [5, 5.41) is 8.85. The van der Waals surface area contributed by atoms with Crippen LogP contribution < -0.4 is 0 Å². The topological polar surface area (TPSA) is 23.8 Å². The summed E-state index contributed by atoms with van der Waals surface area (Å²) in [4.78, 5) is 1.47. The fourth-order valence-electron chi connectivity index (χ4n) is 1.59. The highest BCUT2D eigenvalue weighted by atomic mass is 79.9. The summed E-state index contributed by atoms with van der Waals surface area (Å²) in [6.07, 6.45) is -4.51. The Labute approximate surface area is 126 Å². The quantitative estimate of drug-likeness (QED) is 0.709. The zero-order valence-corrected chi connectivity index (χ0v) is 12.3. The molecule has 0 aliphatic rings. The van der Waals surface area contributed by atoms with E-state index in [1.165, 1.54) is 23.9 Å². The van der Waals surface area contributed by atoms with Crippen molar-refractivity contribution in [2.45, 2.75) is 16.0 Å². The van der Waals surface area contributed by atoms with Gasteiger partial charge in [0.25, 0.3) is 0 Å². The summed E-state index contributed by atoms with van der Waals surface area (Å²) in [5.41, 5.74) is -1.27. The number of benzene rings is 2. The second-order valence-corrected chi connectivity index (χ2v) is 5.94. The molecule has 0 bridgehead atoms. The monoisotopic (exact) mass is 357 g/mol. The molecule has 0 atom stereocenters. The number of hydrogen-bond acceptors (Lipinski definition) is 2. The van der Waals surface area contributed by atoms with E-state index in [2.05, 4.69) is 15.9 Å². The van der Waals surface area contributed by atoms with Crippen molar-refractivity contribution in [1.82, 2.24) is 0 Å². The van der Waals surface area contributed by atoms with Crippen molar-refractivity contribution in [2.75, 3.05) is 0 Å². The smallest absolute Gasteiger partial charge is 0.192 e. The predicted octanol–water partition coefficient (Wildman–Crippen LogP) is 5.49. The molecular weight excluding hydrogens is 351 g/mol. The molecule has 0 saturated heterocycles. The van der Waals surface area contributed by atoms with Gasteiger partial charge in [-0.25, -0.2) is 0 Å². The zero-order valence-electron chi connectivity index (χ0n) is 9.91. The van der Waals surface area contributed by atoms with Crippen molar-refractivity contribution in [3.8, 4) is 6.07 Å². The van der Waals surface area contributed by atoms with Crippen LogP contribution in [0, 0.1) is 11.3 Å². The van der Waals surface area contributed by atoms with E-state index in [0.29, 0.717) is 4.90 Å². The van der Waals surface area contributed by atoms with Crippen LogP contribution >= 0.6 is 27.7 Å². The molecular formula is C14H7BrF3NS. The van der Waals surface area contributed by atoms with Crippen molar-refractivity contribution in [1.29, 1.82) is 5.26 Å². The van der Waals surface area contributed by atoms with E-state index in [1.807, 2.05) is 24.3 Å². The molecule has 0 saturated carbocycles. The van der Waals surface area contributed by atoms with E-state index in [4.69, 9.17) is 5.26 Å². The molecule has 2 aromatic carbocycles. The van der Waals surface area contributed by atoms with Gasteiger partial charge < -0.3 is 0 Å². The molecule has 0 fully saturated rings. The molecule has 6 heteroatoms. The summed E-state index contributed by atoms with van der Waals surface area (Å²) < 4.78 is 38.9. The van der Waals surface area contributed by atoms with Crippen molar-refractivity contribution in [2.24, 2.45) is 0 Å². The van der Waals surface area contributed by atoms with Gasteiger partial charge in [0.05, 0.1) is 17.2 Å². The lowest BCUT2D eigenvalue weighted by Crippen LogP contribution is -2.07. The highest BCUT2D eigenvalue weighted by Crippen LogP contribution is 2.36. The van der Waals surface area contributed by atoms with Crippen LogP contribution in [-0.2, 0) is 6.18 Å². The summed E-state index contributed by atoms with van der Waals surface area (Å²) in [7, 11) is 0. The Balaban J connectivity index is 2.34. The average molecular weight is 358 g/mol. The largest absolute Gasteiger partial charge is 0.417 e. The maximum atomic E-state index is 12.7. The molecule has 20 heavy (non-hydrogen) atoms. The van der Waals surface area contributed by atoms with Gasteiger partial charge >= 0.3 is 6.18 Å². The lowest BCUT2D eigenvalue weighted by Gasteiger charge is -2.10. The predicted molar refractivity (Wildman–Crippen MR) is 74.4 cm³/mol. The van der Waals surface area contributed by atoms with Gasteiger partial charge in [0, 0.05) is 14.3 Å². The molecule has 2 aromatic rings. The molecule has 0 radical (unpaired) electrons. The number of nitriles is 1. The Hall–Kier alpha value is -1.45. The first-order chi connectivity index (χ1) is 9.40. The molecule has 0 N–H and O–H groups in total. The van der Waals surface area contributed by atoms with Crippen molar-refractivity contribution in [3.63, 3.8) is 0 Å². The van der Waals surface area contributed by atoms with Gasteiger partial charge in [-0.1, -0.05) is 33.8 Å². The number of nitrogens with zero attached hydrogens (tertiary/aromatic N) is 1. The number of alkyl halides is 3. The SMILES string of the molecule is N#Cc1cc(Sc2cccc(Br)c2)ccc1C(F)(F)F. The van der Waals surface area contributed by atoms with Gasteiger partial charge in [-0.05, 0) is 36.4 Å². The van der Waals surface area contributed by atoms with Gasteiger partial charge in [0.2, 0.25) is 0 Å². The molecule has 0 aliphatic carbocycles. The third-order valence-electron chi connectivity index (χ3n) is 2.45. The number of halogens is 4. The first-order valence-electron chi connectivity index (χ1n) is 5.45. The van der Waals surface area contributed by atoms with Crippen LogP contribution in [0.1, 0.15) is 11.1 Å². The normalized spacial score (nSPS) is 11.2. The fraction of sp³-hybridized carbons (Fsp3) is 0.0714. The minimum Gasteiger partial charge on any atom is -0.192 e. The maximum Gasteiger partial charge on any atom is 0.417 e. The molecule has 0 unspecified atom stereocenters. The van der Waals surface area contributed by atoms with Crippen LogP contribution in [0.4, 0.5) is 13.2 Å². The molecule has 1 nitrogen and oxygen atoms in total. The van der Waals surface area contributed by atoms with E-state index in [1.54, 1.807) is 6.07 Å². The minimum atomic E-state index is -4.51. The highest BCUT2D eigenvalue weighted by Gasteiger charge is 2.33. The fourth-order valence-corrected chi connectivity index (χ4v) is 3.06. The second-order valence-electron chi connectivity index (χ2n) is 3.88. The Morgan fingerprint density at radius 2 is 1.75 bits per heavy atom. The zero-order chi connectivity index (χ0) is 14.8. The minimum absolute atomic E-state index is 0.363. The summed E-state index contributed by atoms with van der Waals surface area (Å²) >= 11 is 4.63. The van der Waals surface area contributed by atoms with Crippen molar-refractivity contribution in [3.05, 3.63) is 58.1 Å². The standard InChI is InChI=1S/C14H7BrF3NS/c15-10-2-1-3-11(7-10)20-12-4-5-13(14(16,17)18)9(6-12)8-19/h1-7H. The van der Waals surface area contributed by atoms with E-state index in [9.17, 15) is 13.2 Å². The Morgan fingerprint density at radius 3 is 2.35 bits per heavy atom. The van der Waals surface area contributed by atoms with Crippen LogP contribution in [-0.4, -0.2) is 0 Å². The molecule has 0 heterocycles. The van der Waals surface area contributed by atoms with Crippen LogP contribution in [0.25, 0.3) is 0 Å². The number of hydrogen-bond donors (Lipinski definition) is 0. The highest BCUT2D eigenvalue weighted by molar-refractivity contribution is 9.10. The van der Waals surface area contributed by atoms with Crippen LogP contribution in [0.3, 0.4) is 0 Å². The average Bonchev–Trinajstić information content (AvgIpc) is 2.37. The van der Waals surface area contributed by atoms with Crippen LogP contribution in [0.2, 0.25) is 0 Å². The van der Waals surface area contributed by atoms with Crippen LogP contribution in [0.5, 0.6) is 0 Å². The molecule has 2 rings (SSSR count). The Bertz CT molecular complexity index is 677. The number of rotatable bonds is 2. The maximum absolute atomic E-state index is 12.7.